The van der Waals surface area contributed by atoms with Gasteiger partial charge in [0.2, 0.25) is 0 Å². The van der Waals surface area contributed by atoms with E-state index in [0.717, 1.165) is 28.0 Å². The summed E-state index contributed by atoms with van der Waals surface area (Å²) in [5, 5.41) is 16.6. The highest BCUT2D eigenvalue weighted by Crippen LogP contribution is 2.37. The van der Waals surface area contributed by atoms with Crippen LogP contribution in [-0.2, 0) is 35.3 Å². The van der Waals surface area contributed by atoms with E-state index in [0.29, 0.717) is 4.34 Å². The highest BCUT2D eigenvalue weighted by atomic mass is 32.2. The van der Waals surface area contributed by atoms with Crippen molar-refractivity contribution < 1.29 is 28.7 Å². The molecule has 0 bridgehead atoms. The first kappa shape index (κ1) is 33.9. The number of benzene rings is 3. The van der Waals surface area contributed by atoms with Gasteiger partial charge in [0, 0.05) is 5.38 Å². The molecule has 5 aromatic rings. The van der Waals surface area contributed by atoms with Crippen LogP contribution in [0.2, 0.25) is 0 Å². The number of esters is 1. The fourth-order valence-corrected chi connectivity index (χ4v) is 7.50. The van der Waals surface area contributed by atoms with E-state index >= 15 is 0 Å². The fraction of sp³-hybridized carbons (Fsp3) is 0.171. The Morgan fingerprint density at radius 1 is 1.02 bits per heavy atom. The van der Waals surface area contributed by atoms with Crippen LogP contribution in [0.15, 0.2) is 123 Å². The molecule has 3 aromatic carbocycles. The normalized spacial score (nSPS) is 17.0. The number of aromatic nitrogens is 3. The molecule has 0 saturated carbocycles. The van der Waals surface area contributed by atoms with Crippen LogP contribution in [0.25, 0.3) is 0 Å². The van der Waals surface area contributed by atoms with Crippen LogP contribution in [0.3, 0.4) is 0 Å². The molecular formula is C35H29N7O6S3. The highest BCUT2D eigenvalue weighted by molar-refractivity contribution is 8.01. The number of nitrogens with one attached hydrogen (secondary N) is 1. The van der Waals surface area contributed by atoms with E-state index in [1.54, 1.807) is 10.9 Å². The smallest absolute Gasteiger partial charge is 0.359 e. The summed E-state index contributed by atoms with van der Waals surface area (Å²) in [4.78, 5) is 52.8. The first-order valence-electron chi connectivity index (χ1n) is 15.6. The highest BCUT2D eigenvalue weighted by Gasteiger charge is 2.55. The van der Waals surface area contributed by atoms with E-state index in [2.05, 4.69) is 25.7 Å². The van der Waals surface area contributed by atoms with Crippen molar-refractivity contribution in [2.75, 3.05) is 18.1 Å². The molecule has 0 spiro atoms. The van der Waals surface area contributed by atoms with Crippen molar-refractivity contribution in [2.24, 2.45) is 5.16 Å². The lowest BCUT2D eigenvalue weighted by molar-refractivity contribution is -0.163. The Kier molecular flexibility index (Phi) is 10.3. The average Bonchev–Trinajstić information content (AvgIpc) is 3.86. The zero-order valence-electron chi connectivity index (χ0n) is 26.7. The molecule has 2 atom stereocenters. The first-order valence-corrected chi connectivity index (χ1v) is 18.4. The summed E-state index contributed by atoms with van der Waals surface area (Å²) in [7, 11) is 0. The van der Waals surface area contributed by atoms with Crippen LogP contribution in [0.1, 0.15) is 28.5 Å². The third kappa shape index (κ3) is 7.62. The molecule has 2 unspecified atom stereocenters. The Hall–Kier alpha value is -5.58. The Balaban J connectivity index is 1.14. The van der Waals surface area contributed by atoms with Gasteiger partial charge >= 0.3 is 5.97 Å². The number of nitrogens with zero attached hydrogens (tertiary/aromatic N) is 5. The van der Waals surface area contributed by atoms with E-state index < -0.39 is 36.0 Å². The number of amides is 2. The van der Waals surface area contributed by atoms with Crippen molar-refractivity contribution in [1.29, 1.82) is 0 Å². The van der Waals surface area contributed by atoms with Crippen molar-refractivity contribution in [2.45, 2.75) is 29.1 Å². The zero-order chi connectivity index (χ0) is 35.2. The van der Waals surface area contributed by atoms with Gasteiger partial charge in [0.05, 0.1) is 5.75 Å². The Morgan fingerprint density at radius 2 is 1.71 bits per heavy atom. The number of carbonyl (C=O) groups is 3. The second-order valence-electron chi connectivity index (χ2n) is 11.2. The van der Waals surface area contributed by atoms with Gasteiger partial charge in [-0.1, -0.05) is 119 Å². The lowest BCUT2D eigenvalue weighted by Gasteiger charge is -2.49. The molecule has 4 heterocycles. The number of β-lactam (4-membered cyclic amide) rings is 1. The maximum Gasteiger partial charge on any atom is 0.359 e. The number of thioether (sulfide) groups is 1. The number of anilines is 1. The van der Waals surface area contributed by atoms with Crippen molar-refractivity contribution in [3.63, 3.8) is 0 Å². The average molecular weight is 740 g/mol. The third-order valence-electron chi connectivity index (χ3n) is 7.94. The molecule has 258 valence electrons. The van der Waals surface area contributed by atoms with Gasteiger partial charge in [0.15, 0.2) is 27.0 Å². The number of hydrogen-bond acceptors (Lipinski definition) is 14. The van der Waals surface area contributed by atoms with Crippen LogP contribution in [0.4, 0.5) is 5.13 Å². The molecule has 1 saturated heterocycles. The maximum atomic E-state index is 14.2. The van der Waals surface area contributed by atoms with Crippen LogP contribution in [0, 0.1) is 0 Å². The Bertz CT molecular complexity index is 2020. The van der Waals surface area contributed by atoms with E-state index in [9.17, 15) is 14.4 Å². The van der Waals surface area contributed by atoms with Gasteiger partial charge in [-0.25, -0.2) is 9.78 Å². The summed E-state index contributed by atoms with van der Waals surface area (Å²) in [5.74, 6) is -1.53. The summed E-state index contributed by atoms with van der Waals surface area (Å²) < 4.78 is 13.0. The molecule has 16 heteroatoms. The van der Waals surface area contributed by atoms with Gasteiger partial charge in [-0.05, 0) is 16.7 Å². The van der Waals surface area contributed by atoms with Gasteiger partial charge in [0.25, 0.3) is 11.8 Å². The largest absolute Gasteiger partial charge is 0.492 e. The number of nitrogen functional groups attached to an aromatic ring is 1. The zero-order valence-corrected chi connectivity index (χ0v) is 29.1. The minimum atomic E-state index is -1.04. The quantitative estimate of drug-likeness (QED) is 0.0571. The van der Waals surface area contributed by atoms with E-state index in [1.807, 2.05) is 91.0 Å². The molecule has 51 heavy (non-hydrogen) atoms. The number of rotatable bonds is 13. The summed E-state index contributed by atoms with van der Waals surface area (Å²) in [6.07, 6.45) is -0.767. The SMILES string of the molecule is Nc1nc(/C(=N/OCc2ccccc2)C(=O)NC2C(=O)N3C(C(=O)OC(c4ccccc4)c4ccccc4)=C(CSc4nncs4)OCC23)cs1. The Morgan fingerprint density at radius 3 is 2.33 bits per heavy atom. The minimum Gasteiger partial charge on any atom is -0.492 e. The number of hydrogen-bond donors (Lipinski definition) is 2. The molecule has 2 amide bonds. The van der Waals surface area contributed by atoms with Crippen LogP contribution >= 0.6 is 34.4 Å². The second kappa shape index (κ2) is 15.5. The second-order valence-corrected chi connectivity index (χ2v) is 14.1. The van der Waals surface area contributed by atoms with E-state index in [-0.39, 0.29) is 47.0 Å². The van der Waals surface area contributed by atoms with Crippen molar-refractivity contribution >= 4 is 63.1 Å². The monoisotopic (exact) mass is 739 g/mol. The number of ether oxygens (including phenoxy) is 2. The minimum absolute atomic E-state index is 0.0148. The van der Waals surface area contributed by atoms with Crippen molar-refractivity contribution in [1.82, 2.24) is 25.4 Å². The third-order valence-corrected chi connectivity index (χ3v) is 10.5. The van der Waals surface area contributed by atoms with Crippen LogP contribution in [0.5, 0.6) is 0 Å². The molecule has 2 aromatic heterocycles. The summed E-state index contributed by atoms with van der Waals surface area (Å²) in [6.45, 7) is 0.117. The van der Waals surface area contributed by atoms with Gasteiger partial charge in [0.1, 0.15) is 42.3 Å². The Labute approximate surface area is 304 Å². The van der Waals surface area contributed by atoms with E-state index in [1.165, 1.54) is 28.0 Å². The lowest BCUT2D eigenvalue weighted by Crippen LogP contribution is -2.73. The van der Waals surface area contributed by atoms with E-state index in [4.69, 9.17) is 20.0 Å². The van der Waals surface area contributed by atoms with Gasteiger partial charge < -0.3 is 25.4 Å². The predicted octanol–water partition coefficient (Wildman–Crippen LogP) is 4.56. The summed E-state index contributed by atoms with van der Waals surface area (Å²) in [6, 6.07) is 26.2. The first-order chi connectivity index (χ1) is 25.0. The number of oxime groups is 1. The summed E-state index contributed by atoms with van der Waals surface area (Å²) in [5.41, 5.74) is 9.80. The molecule has 3 N–H and O–H groups in total. The molecular weight excluding hydrogens is 711 g/mol. The molecule has 0 radical (unpaired) electrons. The standard InChI is InChI=1S/C35H29N7O6S3/c36-34-38-24(18-49-34)27(41-47-16-21-10-4-1-5-11-21)31(43)39-28-25-17-46-26(19-50-35-40-37-20-51-35)29(42(25)32(28)44)33(45)48-30(22-12-6-2-7-13-22)23-14-8-3-9-15-23/h1-15,18,20,25,28,30H,16-17,19H2,(H2,36,38)(H,39,43)/b41-27-. The van der Waals surface area contributed by atoms with Gasteiger partial charge in [-0.15, -0.1) is 21.5 Å². The van der Waals surface area contributed by atoms with Gasteiger partial charge in [-0.2, -0.15) is 0 Å². The van der Waals surface area contributed by atoms with Crippen molar-refractivity contribution in [3.8, 4) is 0 Å². The molecule has 2 aliphatic heterocycles. The molecule has 1 fully saturated rings. The van der Waals surface area contributed by atoms with Crippen molar-refractivity contribution in [3.05, 3.63) is 136 Å². The number of thiazole rings is 1. The molecule has 7 rings (SSSR count). The number of fused-ring (bicyclic) bond motifs is 1. The topological polar surface area (TPSA) is 171 Å². The molecule has 0 aliphatic carbocycles. The molecule has 2 aliphatic rings. The summed E-state index contributed by atoms with van der Waals surface area (Å²) >= 11 is 3.79. The van der Waals surface area contributed by atoms with Crippen LogP contribution < -0.4 is 11.1 Å². The number of carbonyl (C=O) groups excluding carboxylic acids is 3. The number of nitrogens with two attached hydrogens (primary N) is 1. The predicted molar refractivity (Wildman–Crippen MR) is 191 cm³/mol. The fourth-order valence-electron chi connectivity index (χ4n) is 5.52. The molecule has 13 nitrogen and oxygen atoms in total. The lowest BCUT2D eigenvalue weighted by atomic mass is 9.92. The van der Waals surface area contributed by atoms with Crippen LogP contribution in [-0.4, -0.2) is 68.0 Å². The van der Waals surface area contributed by atoms with Gasteiger partial charge in [-0.3, -0.25) is 14.5 Å². The maximum absolute atomic E-state index is 14.2.